The normalized spacial score (nSPS) is 10.2. The van der Waals surface area contributed by atoms with Gasteiger partial charge in [-0.3, -0.25) is 0 Å². The third-order valence-corrected chi connectivity index (χ3v) is 1.94. The van der Waals surface area contributed by atoms with Crippen LogP contribution in [-0.4, -0.2) is 4.98 Å². The Balaban J connectivity index is 2.54. The molecule has 2 nitrogen and oxygen atoms in total. The molecule has 0 fully saturated rings. The van der Waals surface area contributed by atoms with Crippen LogP contribution < -0.4 is 5.32 Å². The summed E-state index contributed by atoms with van der Waals surface area (Å²) in [4.78, 5) is 3.16. The van der Waals surface area contributed by atoms with Gasteiger partial charge in [-0.1, -0.05) is 12.6 Å². The van der Waals surface area contributed by atoms with Crippen molar-refractivity contribution in [3.05, 3.63) is 42.7 Å². The number of aromatic nitrogens is 1. The highest BCUT2D eigenvalue weighted by Crippen LogP contribution is 2.22. The minimum atomic E-state index is 0.952. The van der Waals surface area contributed by atoms with E-state index in [1.807, 2.05) is 25.3 Å². The van der Waals surface area contributed by atoms with Crippen molar-refractivity contribution in [2.75, 3.05) is 5.32 Å². The van der Waals surface area contributed by atoms with Crippen LogP contribution in [0, 0.1) is 0 Å². The molecule has 2 rings (SSSR count). The van der Waals surface area contributed by atoms with Crippen molar-refractivity contribution in [1.82, 2.24) is 4.98 Å². The van der Waals surface area contributed by atoms with Crippen molar-refractivity contribution >= 4 is 16.6 Å². The van der Waals surface area contributed by atoms with Crippen LogP contribution in [0.4, 0.5) is 5.69 Å². The van der Waals surface area contributed by atoms with Crippen LogP contribution in [0.25, 0.3) is 10.9 Å². The molecular formula is C11H12N2. The first kappa shape index (κ1) is 7.92. The summed E-state index contributed by atoms with van der Waals surface area (Å²) in [5, 5.41) is 4.42. The monoisotopic (exact) mass is 172 g/mol. The highest BCUT2D eigenvalue weighted by molar-refractivity contribution is 5.92. The van der Waals surface area contributed by atoms with Crippen molar-refractivity contribution in [3.8, 4) is 0 Å². The summed E-state index contributed by atoms with van der Waals surface area (Å²) in [5.74, 6) is 0. The molecule has 2 aromatic rings. The molecular weight excluding hydrogens is 160 g/mol. The Morgan fingerprint density at radius 2 is 2.23 bits per heavy atom. The highest BCUT2D eigenvalue weighted by atomic mass is 14.9. The van der Waals surface area contributed by atoms with Gasteiger partial charge in [0, 0.05) is 28.5 Å². The quantitative estimate of drug-likeness (QED) is 0.715. The summed E-state index contributed by atoms with van der Waals surface area (Å²) in [6.07, 6.45) is 1.94. The fourth-order valence-electron chi connectivity index (χ4n) is 1.42. The zero-order valence-electron chi connectivity index (χ0n) is 7.59. The van der Waals surface area contributed by atoms with E-state index in [4.69, 9.17) is 0 Å². The number of benzene rings is 1. The average molecular weight is 172 g/mol. The van der Waals surface area contributed by atoms with Crippen molar-refractivity contribution in [3.63, 3.8) is 0 Å². The first-order chi connectivity index (χ1) is 6.27. The smallest absolute Gasteiger partial charge is 0.0476 e. The second-order valence-electron chi connectivity index (χ2n) is 3.15. The zero-order chi connectivity index (χ0) is 9.26. The predicted molar refractivity (Wildman–Crippen MR) is 56.7 cm³/mol. The Morgan fingerprint density at radius 1 is 1.38 bits per heavy atom. The topological polar surface area (TPSA) is 27.8 Å². The predicted octanol–water partition coefficient (Wildman–Crippen LogP) is 3.11. The van der Waals surface area contributed by atoms with Crippen LogP contribution in [0.2, 0.25) is 0 Å². The molecule has 13 heavy (non-hydrogen) atoms. The van der Waals surface area contributed by atoms with E-state index in [2.05, 4.69) is 29.0 Å². The molecule has 0 aliphatic heterocycles. The highest BCUT2D eigenvalue weighted by Gasteiger charge is 1.99. The number of hydrogen-bond donors (Lipinski definition) is 2. The summed E-state index contributed by atoms with van der Waals surface area (Å²) in [6, 6.07) is 8.18. The molecule has 0 radical (unpaired) electrons. The number of hydrogen-bond acceptors (Lipinski definition) is 1. The standard InChI is InChI=1S/C11H12N2/c1-8(2)13-11-5-3-4-10-9(11)6-7-12-10/h3-7,12-13H,1H2,2H3. The second kappa shape index (κ2) is 2.98. The van der Waals surface area contributed by atoms with Gasteiger partial charge in [0.05, 0.1) is 0 Å². The van der Waals surface area contributed by atoms with Crippen LogP contribution >= 0.6 is 0 Å². The lowest BCUT2D eigenvalue weighted by Gasteiger charge is -2.05. The fourth-order valence-corrected chi connectivity index (χ4v) is 1.42. The van der Waals surface area contributed by atoms with Crippen LogP contribution in [0.5, 0.6) is 0 Å². The minimum absolute atomic E-state index is 0.952. The molecule has 1 aromatic heterocycles. The summed E-state index contributed by atoms with van der Waals surface area (Å²) < 4.78 is 0. The molecule has 2 heteroatoms. The van der Waals surface area contributed by atoms with Gasteiger partial charge in [-0.2, -0.15) is 0 Å². The van der Waals surface area contributed by atoms with Crippen molar-refractivity contribution < 1.29 is 0 Å². The van der Waals surface area contributed by atoms with Gasteiger partial charge in [-0.05, 0) is 25.1 Å². The van der Waals surface area contributed by atoms with Gasteiger partial charge in [0.2, 0.25) is 0 Å². The van der Waals surface area contributed by atoms with E-state index in [1.165, 1.54) is 5.39 Å². The Hall–Kier alpha value is -1.70. The van der Waals surface area contributed by atoms with Crippen molar-refractivity contribution in [2.24, 2.45) is 0 Å². The Bertz CT molecular complexity index is 440. The Morgan fingerprint density at radius 3 is 3.00 bits per heavy atom. The largest absolute Gasteiger partial charge is 0.361 e. The summed E-state index contributed by atoms with van der Waals surface area (Å²) in [5.41, 5.74) is 3.20. The fraction of sp³-hybridized carbons (Fsp3) is 0.0909. The molecule has 0 aliphatic rings. The Labute approximate surface area is 77.3 Å². The maximum atomic E-state index is 3.82. The van der Waals surface area contributed by atoms with E-state index in [9.17, 15) is 0 Å². The second-order valence-corrected chi connectivity index (χ2v) is 3.15. The first-order valence-corrected chi connectivity index (χ1v) is 4.26. The third kappa shape index (κ3) is 1.43. The Kier molecular flexibility index (Phi) is 1.81. The van der Waals surface area contributed by atoms with Gasteiger partial charge in [0.25, 0.3) is 0 Å². The lowest BCUT2D eigenvalue weighted by molar-refractivity contribution is 1.41. The molecule has 0 amide bonds. The van der Waals surface area contributed by atoms with E-state index in [0.29, 0.717) is 0 Å². The lowest BCUT2D eigenvalue weighted by atomic mass is 10.2. The molecule has 0 spiro atoms. The van der Waals surface area contributed by atoms with Crippen molar-refractivity contribution in [1.29, 1.82) is 0 Å². The lowest BCUT2D eigenvalue weighted by Crippen LogP contribution is -1.93. The maximum absolute atomic E-state index is 3.82. The third-order valence-electron chi connectivity index (χ3n) is 1.94. The average Bonchev–Trinajstić information content (AvgIpc) is 2.51. The number of rotatable bonds is 2. The van der Waals surface area contributed by atoms with Gasteiger partial charge in [0.1, 0.15) is 0 Å². The number of aromatic amines is 1. The molecule has 66 valence electrons. The van der Waals surface area contributed by atoms with Crippen molar-refractivity contribution in [2.45, 2.75) is 6.92 Å². The molecule has 0 bridgehead atoms. The van der Waals surface area contributed by atoms with E-state index >= 15 is 0 Å². The van der Waals surface area contributed by atoms with E-state index in [-0.39, 0.29) is 0 Å². The van der Waals surface area contributed by atoms with Crippen LogP contribution in [-0.2, 0) is 0 Å². The summed E-state index contributed by atoms with van der Waals surface area (Å²) in [7, 11) is 0. The first-order valence-electron chi connectivity index (χ1n) is 4.26. The van der Waals surface area contributed by atoms with E-state index in [0.717, 1.165) is 16.9 Å². The van der Waals surface area contributed by atoms with Gasteiger partial charge in [-0.25, -0.2) is 0 Å². The van der Waals surface area contributed by atoms with Crippen LogP contribution in [0.3, 0.4) is 0 Å². The van der Waals surface area contributed by atoms with Gasteiger partial charge < -0.3 is 10.3 Å². The summed E-state index contributed by atoms with van der Waals surface area (Å²) >= 11 is 0. The molecule has 0 saturated carbocycles. The number of fused-ring (bicyclic) bond motifs is 1. The SMILES string of the molecule is C=C(C)Nc1cccc2[nH]ccc12. The van der Waals surface area contributed by atoms with Crippen LogP contribution in [0.15, 0.2) is 42.7 Å². The summed E-state index contributed by atoms with van der Waals surface area (Å²) in [6.45, 7) is 5.77. The minimum Gasteiger partial charge on any atom is -0.361 e. The molecule has 0 aliphatic carbocycles. The van der Waals surface area contributed by atoms with E-state index < -0.39 is 0 Å². The van der Waals surface area contributed by atoms with Crippen LogP contribution in [0.1, 0.15) is 6.92 Å². The number of anilines is 1. The number of allylic oxidation sites excluding steroid dienone is 1. The molecule has 0 saturated heterocycles. The maximum Gasteiger partial charge on any atom is 0.0476 e. The van der Waals surface area contributed by atoms with Gasteiger partial charge in [-0.15, -0.1) is 0 Å². The van der Waals surface area contributed by atoms with Gasteiger partial charge in [0.15, 0.2) is 0 Å². The molecule has 1 heterocycles. The molecule has 1 aromatic carbocycles. The molecule has 0 unspecified atom stereocenters. The molecule has 0 atom stereocenters. The number of H-pyrrole nitrogens is 1. The number of nitrogens with one attached hydrogen (secondary N) is 2. The van der Waals surface area contributed by atoms with Gasteiger partial charge >= 0.3 is 0 Å². The zero-order valence-corrected chi connectivity index (χ0v) is 7.59. The molecule has 2 N–H and O–H groups in total. The van der Waals surface area contributed by atoms with E-state index in [1.54, 1.807) is 0 Å².